The van der Waals surface area contributed by atoms with E-state index in [1.807, 2.05) is 10.8 Å². The first-order valence-corrected chi connectivity index (χ1v) is 7.30. The smallest absolute Gasteiger partial charge is 0.268 e. The second-order valence-corrected chi connectivity index (χ2v) is 5.66. The van der Waals surface area contributed by atoms with Crippen LogP contribution in [0.2, 0.25) is 0 Å². The summed E-state index contributed by atoms with van der Waals surface area (Å²) in [5.74, 6) is -0.712. The summed E-state index contributed by atoms with van der Waals surface area (Å²) in [5, 5.41) is 4.76. The number of carbonyl (C=O) groups excluding carboxylic acids is 1. The predicted octanol–water partition coefficient (Wildman–Crippen LogP) is 1.15. The van der Waals surface area contributed by atoms with Crippen molar-refractivity contribution in [3.8, 4) is 0 Å². The Labute approximate surface area is 116 Å². The van der Waals surface area contributed by atoms with Gasteiger partial charge in [-0.3, -0.25) is 9.48 Å². The molecule has 7 heteroatoms. The summed E-state index contributed by atoms with van der Waals surface area (Å²) < 4.78 is 26.9. The first-order valence-electron chi connectivity index (χ1n) is 5.75. The zero-order valence-electron chi connectivity index (χ0n) is 10.7. The average molecular weight is 291 g/mol. The maximum atomic E-state index is 11.7. The van der Waals surface area contributed by atoms with Crippen LogP contribution in [0.15, 0.2) is 48.1 Å². The highest BCUT2D eigenvalue weighted by molar-refractivity contribution is 7.93. The molecule has 20 heavy (non-hydrogen) atoms. The summed E-state index contributed by atoms with van der Waals surface area (Å²) in [6.07, 6.45) is 4.15. The van der Waals surface area contributed by atoms with Crippen LogP contribution in [0.25, 0.3) is 6.08 Å². The van der Waals surface area contributed by atoms with Crippen molar-refractivity contribution in [3.63, 3.8) is 0 Å². The highest BCUT2D eigenvalue weighted by atomic mass is 32.2. The minimum atomic E-state index is -3.84. The van der Waals surface area contributed by atoms with Gasteiger partial charge >= 0.3 is 0 Å². The summed E-state index contributed by atoms with van der Waals surface area (Å²) >= 11 is 0. The third-order valence-electron chi connectivity index (χ3n) is 2.44. The molecule has 0 atom stereocenters. The molecule has 0 saturated heterocycles. The molecule has 0 unspecified atom stereocenters. The Kier molecular flexibility index (Phi) is 3.99. The lowest BCUT2D eigenvalue weighted by Crippen LogP contribution is -2.28. The van der Waals surface area contributed by atoms with E-state index < -0.39 is 15.9 Å². The number of hydrogen-bond donors (Lipinski definition) is 1. The fourth-order valence-corrected chi connectivity index (χ4v) is 2.27. The summed E-state index contributed by atoms with van der Waals surface area (Å²) in [5.41, 5.74) is 0.913. The molecule has 2 aromatic rings. The Balaban J connectivity index is 2.08. The lowest BCUT2D eigenvalue weighted by Gasteiger charge is -2.00. The van der Waals surface area contributed by atoms with Gasteiger partial charge in [-0.2, -0.15) is 5.10 Å². The van der Waals surface area contributed by atoms with E-state index in [2.05, 4.69) is 5.10 Å². The van der Waals surface area contributed by atoms with Crippen LogP contribution in [-0.2, 0) is 17.1 Å². The van der Waals surface area contributed by atoms with Crippen LogP contribution >= 0.6 is 0 Å². The third-order valence-corrected chi connectivity index (χ3v) is 3.41. The van der Waals surface area contributed by atoms with Crippen molar-refractivity contribution in [2.45, 2.75) is 0 Å². The largest absolute Gasteiger partial charge is 0.275 e. The lowest BCUT2D eigenvalue weighted by atomic mass is 10.2. The SMILES string of the molecule is Cn1cc(C(=O)NS(=O)(=O)/C=C/c2ccccc2)cn1. The minimum Gasteiger partial charge on any atom is -0.275 e. The fourth-order valence-electron chi connectivity index (χ4n) is 1.49. The maximum Gasteiger partial charge on any atom is 0.268 e. The molecule has 2 rings (SSSR count). The summed E-state index contributed by atoms with van der Waals surface area (Å²) in [4.78, 5) is 11.7. The molecule has 0 aliphatic carbocycles. The number of carbonyl (C=O) groups is 1. The molecule has 1 N–H and O–H groups in total. The molecule has 0 aliphatic heterocycles. The molecule has 1 heterocycles. The molecular weight excluding hydrogens is 278 g/mol. The Bertz CT molecular complexity index is 733. The van der Waals surface area contributed by atoms with Gasteiger partial charge < -0.3 is 0 Å². The van der Waals surface area contributed by atoms with Crippen LogP contribution in [0.3, 0.4) is 0 Å². The number of benzene rings is 1. The van der Waals surface area contributed by atoms with E-state index in [1.54, 1.807) is 31.3 Å². The van der Waals surface area contributed by atoms with Crippen molar-refractivity contribution in [1.82, 2.24) is 14.5 Å². The predicted molar refractivity (Wildman–Crippen MR) is 75.1 cm³/mol. The van der Waals surface area contributed by atoms with Gasteiger partial charge in [-0.1, -0.05) is 30.3 Å². The van der Waals surface area contributed by atoms with E-state index in [9.17, 15) is 13.2 Å². The quantitative estimate of drug-likeness (QED) is 0.916. The van der Waals surface area contributed by atoms with Gasteiger partial charge in [0.2, 0.25) is 0 Å². The second kappa shape index (κ2) is 5.70. The first kappa shape index (κ1) is 14.0. The standard InChI is InChI=1S/C13H13N3O3S/c1-16-10-12(9-14-16)13(17)15-20(18,19)8-7-11-5-3-2-4-6-11/h2-10H,1H3,(H,15,17)/b8-7+. The van der Waals surface area contributed by atoms with Crippen LogP contribution < -0.4 is 4.72 Å². The summed E-state index contributed by atoms with van der Waals surface area (Å²) in [7, 11) is -2.20. The molecular formula is C13H13N3O3S. The molecule has 0 bridgehead atoms. The highest BCUT2D eigenvalue weighted by Gasteiger charge is 2.14. The normalized spacial score (nSPS) is 11.7. The Morgan fingerprint density at radius 1 is 1.30 bits per heavy atom. The zero-order chi connectivity index (χ0) is 14.6. The van der Waals surface area contributed by atoms with Crippen LogP contribution in [0.1, 0.15) is 15.9 Å². The molecule has 0 fully saturated rings. The van der Waals surface area contributed by atoms with E-state index >= 15 is 0 Å². The van der Waals surface area contributed by atoms with Crippen LogP contribution in [0, 0.1) is 0 Å². The van der Waals surface area contributed by atoms with E-state index in [0.29, 0.717) is 0 Å². The van der Waals surface area contributed by atoms with Crippen LogP contribution in [0.4, 0.5) is 0 Å². The zero-order valence-corrected chi connectivity index (χ0v) is 11.5. The molecule has 1 amide bonds. The maximum absolute atomic E-state index is 11.7. The first-order chi connectivity index (χ1) is 9.46. The fraction of sp³-hybridized carbons (Fsp3) is 0.0769. The van der Waals surface area contributed by atoms with Gasteiger partial charge in [0.15, 0.2) is 0 Å². The van der Waals surface area contributed by atoms with E-state index in [1.165, 1.54) is 23.2 Å². The number of rotatable bonds is 4. The molecule has 104 valence electrons. The van der Waals surface area contributed by atoms with Gasteiger partial charge in [0, 0.05) is 13.2 Å². The molecule has 0 radical (unpaired) electrons. The number of amides is 1. The van der Waals surface area contributed by atoms with Gasteiger partial charge in [0.25, 0.3) is 15.9 Å². The summed E-state index contributed by atoms with van der Waals surface area (Å²) in [6.45, 7) is 0. The van der Waals surface area contributed by atoms with Crippen LogP contribution in [0.5, 0.6) is 0 Å². The van der Waals surface area contributed by atoms with Gasteiger partial charge in [-0.05, 0) is 11.6 Å². The minimum absolute atomic E-state index is 0.184. The highest BCUT2D eigenvalue weighted by Crippen LogP contribution is 2.04. The molecule has 0 saturated carbocycles. The van der Waals surface area contributed by atoms with E-state index in [0.717, 1.165) is 11.0 Å². The molecule has 0 spiro atoms. The Morgan fingerprint density at radius 3 is 2.60 bits per heavy atom. The van der Waals surface area contributed by atoms with Crippen molar-refractivity contribution < 1.29 is 13.2 Å². The monoisotopic (exact) mass is 291 g/mol. The topological polar surface area (TPSA) is 81.1 Å². The van der Waals surface area contributed by atoms with E-state index in [4.69, 9.17) is 0 Å². The van der Waals surface area contributed by atoms with Crippen LogP contribution in [-0.4, -0.2) is 24.1 Å². The summed E-state index contributed by atoms with van der Waals surface area (Å²) in [6, 6.07) is 8.93. The average Bonchev–Trinajstić information content (AvgIpc) is 2.84. The van der Waals surface area contributed by atoms with Gasteiger partial charge in [0.05, 0.1) is 17.2 Å². The Morgan fingerprint density at radius 2 is 2.00 bits per heavy atom. The number of hydrogen-bond acceptors (Lipinski definition) is 4. The second-order valence-electron chi connectivity index (χ2n) is 4.09. The molecule has 1 aromatic carbocycles. The Hall–Kier alpha value is -2.41. The number of nitrogens with zero attached hydrogens (tertiary/aromatic N) is 2. The molecule has 1 aromatic heterocycles. The van der Waals surface area contributed by atoms with E-state index in [-0.39, 0.29) is 5.56 Å². The molecule has 6 nitrogen and oxygen atoms in total. The van der Waals surface area contributed by atoms with Crippen molar-refractivity contribution in [1.29, 1.82) is 0 Å². The van der Waals surface area contributed by atoms with Crippen molar-refractivity contribution in [3.05, 3.63) is 59.3 Å². The van der Waals surface area contributed by atoms with Gasteiger partial charge in [-0.25, -0.2) is 13.1 Å². The number of sulfonamides is 1. The van der Waals surface area contributed by atoms with Gasteiger partial charge in [0.1, 0.15) is 0 Å². The number of aryl methyl sites for hydroxylation is 1. The van der Waals surface area contributed by atoms with Crippen molar-refractivity contribution >= 4 is 22.0 Å². The van der Waals surface area contributed by atoms with Gasteiger partial charge in [-0.15, -0.1) is 0 Å². The van der Waals surface area contributed by atoms with Crippen molar-refractivity contribution in [2.75, 3.05) is 0 Å². The lowest BCUT2D eigenvalue weighted by molar-refractivity contribution is 0.0982. The number of aromatic nitrogens is 2. The molecule has 0 aliphatic rings. The van der Waals surface area contributed by atoms with Crippen molar-refractivity contribution in [2.24, 2.45) is 7.05 Å². The third kappa shape index (κ3) is 3.79. The number of nitrogens with one attached hydrogen (secondary N) is 1.